The van der Waals surface area contributed by atoms with Crippen molar-refractivity contribution in [2.24, 2.45) is 0 Å². The smallest absolute Gasteiger partial charge is 0.330 e. The summed E-state index contributed by atoms with van der Waals surface area (Å²) in [6.07, 6.45) is -0.863. The maximum absolute atomic E-state index is 12.3. The fourth-order valence-corrected chi connectivity index (χ4v) is 2.61. The Morgan fingerprint density at radius 1 is 1.21 bits per heavy atom. The van der Waals surface area contributed by atoms with Gasteiger partial charge in [-0.2, -0.15) is 0 Å². The van der Waals surface area contributed by atoms with Gasteiger partial charge in [0.1, 0.15) is 33.7 Å². The molecule has 0 bridgehead atoms. The molecule has 0 spiro atoms. The van der Waals surface area contributed by atoms with E-state index in [-0.39, 0.29) is 13.0 Å². The van der Waals surface area contributed by atoms with Crippen molar-refractivity contribution in [2.75, 3.05) is 6.61 Å². The van der Waals surface area contributed by atoms with E-state index in [4.69, 9.17) is 14.2 Å². The van der Waals surface area contributed by atoms with Crippen LogP contribution in [0.25, 0.3) is 0 Å². The summed E-state index contributed by atoms with van der Waals surface area (Å²) in [5, 5.41) is 0. The summed E-state index contributed by atoms with van der Waals surface area (Å²) in [7, 11) is 0. The molecule has 0 aromatic carbocycles. The molecular formula is C17H22Br2N2O7. The summed E-state index contributed by atoms with van der Waals surface area (Å²) in [4.78, 5) is 49.7. The van der Waals surface area contributed by atoms with Gasteiger partial charge in [-0.05, 0) is 27.7 Å². The number of esters is 2. The molecule has 11 heteroatoms. The molecular weight excluding hydrogens is 504 g/mol. The van der Waals surface area contributed by atoms with Crippen LogP contribution in [-0.2, 0) is 23.8 Å². The highest BCUT2D eigenvalue weighted by molar-refractivity contribution is 9.10. The molecule has 0 radical (unpaired) electrons. The third-order valence-electron chi connectivity index (χ3n) is 3.95. The molecule has 156 valence electrons. The van der Waals surface area contributed by atoms with Gasteiger partial charge in [-0.25, -0.2) is 4.79 Å². The molecule has 0 amide bonds. The quantitative estimate of drug-likeness (QED) is 0.443. The van der Waals surface area contributed by atoms with Gasteiger partial charge in [-0.3, -0.25) is 23.9 Å². The summed E-state index contributed by atoms with van der Waals surface area (Å²) >= 11 is 6.45. The lowest BCUT2D eigenvalue weighted by Gasteiger charge is -2.23. The van der Waals surface area contributed by atoms with Gasteiger partial charge in [0.25, 0.3) is 5.56 Å². The van der Waals surface area contributed by atoms with Gasteiger partial charge in [-0.15, -0.1) is 0 Å². The van der Waals surface area contributed by atoms with Crippen molar-refractivity contribution in [1.82, 2.24) is 9.55 Å². The Kier molecular flexibility index (Phi) is 6.93. The van der Waals surface area contributed by atoms with Gasteiger partial charge in [0, 0.05) is 18.7 Å². The summed E-state index contributed by atoms with van der Waals surface area (Å²) in [5.41, 5.74) is -1.18. The predicted octanol–water partition coefficient (Wildman–Crippen LogP) is 1.63. The van der Waals surface area contributed by atoms with E-state index in [1.807, 2.05) is 0 Å². The number of nitrogens with one attached hydrogen (secondary N) is 1. The minimum absolute atomic E-state index is 0.153. The van der Waals surface area contributed by atoms with E-state index in [1.165, 1.54) is 16.8 Å². The van der Waals surface area contributed by atoms with E-state index in [2.05, 4.69) is 36.8 Å². The van der Waals surface area contributed by atoms with Crippen LogP contribution in [0, 0.1) is 0 Å². The maximum Gasteiger partial charge on any atom is 0.330 e. The van der Waals surface area contributed by atoms with Crippen molar-refractivity contribution in [2.45, 2.75) is 61.2 Å². The molecule has 1 N–H and O–H groups in total. The van der Waals surface area contributed by atoms with Crippen LogP contribution in [0.2, 0.25) is 0 Å². The Balaban J connectivity index is 2.20. The highest BCUT2D eigenvalue weighted by Gasteiger charge is 2.42. The lowest BCUT2D eigenvalue weighted by molar-refractivity contribution is -0.160. The molecule has 1 saturated heterocycles. The first-order valence-electron chi connectivity index (χ1n) is 8.52. The number of hydrogen-bond acceptors (Lipinski definition) is 7. The summed E-state index contributed by atoms with van der Waals surface area (Å²) in [6.45, 7) is 6.38. The Bertz CT molecular complexity index is 851. The minimum Gasteiger partial charge on any atom is -0.462 e. The zero-order valence-corrected chi connectivity index (χ0v) is 19.0. The van der Waals surface area contributed by atoms with Gasteiger partial charge in [0.2, 0.25) is 0 Å². The number of carbonyl (C=O) groups is 2. The maximum atomic E-state index is 12.3. The van der Waals surface area contributed by atoms with E-state index in [0.717, 1.165) is 0 Å². The van der Waals surface area contributed by atoms with Crippen LogP contribution in [0.15, 0.2) is 21.9 Å². The van der Waals surface area contributed by atoms with E-state index in [1.54, 1.807) is 27.7 Å². The average Bonchev–Trinajstić information content (AvgIpc) is 2.93. The second kappa shape index (κ2) is 8.50. The van der Waals surface area contributed by atoms with E-state index in [9.17, 15) is 19.2 Å². The van der Waals surface area contributed by atoms with Crippen LogP contribution < -0.4 is 11.2 Å². The van der Waals surface area contributed by atoms with E-state index >= 15 is 0 Å². The Labute approximate surface area is 178 Å². The van der Waals surface area contributed by atoms with Gasteiger partial charge in [-0.1, -0.05) is 31.9 Å². The predicted molar refractivity (Wildman–Crippen MR) is 107 cm³/mol. The molecule has 2 heterocycles. The molecule has 3 unspecified atom stereocenters. The van der Waals surface area contributed by atoms with Crippen molar-refractivity contribution in [3.8, 4) is 0 Å². The summed E-state index contributed by atoms with van der Waals surface area (Å²) in [5.74, 6) is -1.03. The van der Waals surface area contributed by atoms with Crippen LogP contribution >= 0.6 is 31.9 Å². The second-order valence-corrected chi connectivity index (χ2v) is 11.3. The Morgan fingerprint density at radius 2 is 1.82 bits per heavy atom. The lowest BCUT2D eigenvalue weighted by Crippen LogP contribution is -2.38. The second-order valence-electron chi connectivity index (χ2n) is 7.37. The third kappa shape index (κ3) is 5.77. The van der Waals surface area contributed by atoms with Gasteiger partial charge in [0.15, 0.2) is 0 Å². The summed E-state index contributed by atoms with van der Waals surface area (Å²) in [6, 6.07) is 1.19. The first kappa shape index (κ1) is 22.8. The Hall–Kier alpha value is -1.46. The van der Waals surface area contributed by atoms with Crippen molar-refractivity contribution in [1.29, 1.82) is 0 Å². The molecule has 0 saturated carbocycles. The SMILES string of the molecule is CC(C)(Br)C(=O)OCC1OC(n2ccc(=O)[nH]c2=O)CC1OC(=O)C(C)(C)Br. The lowest BCUT2D eigenvalue weighted by atomic mass is 10.1. The number of aromatic nitrogens is 2. The summed E-state index contributed by atoms with van der Waals surface area (Å²) < 4.78 is 16.0. The molecule has 1 fully saturated rings. The fourth-order valence-electron chi connectivity index (χ4n) is 2.41. The number of hydrogen-bond donors (Lipinski definition) is 1. The Morgan fingerprint density at radius 3 is 2.36 bits per heavy atom. The molecule has 1 aliphatic heterocycles. The van der Waals surface area contributed by atoms with Gasteiger partial charge >= 0.3 is 17.6 Å². The molecule has 1 aliphatic rings. The molecule has 28 heavy (non-hydrogen) atoms. The van der Waals surface area contributed by atoms with Crippen LogP contribution in [0.5, 0.6) is 0 Å². The van der Waals surface area contributed by atoms with Crippen molar-refractivity contribution in [3.63, 3.8) is 0 Å². The van der Waals surface area contributed by atoms with Crippen LogP contribution in [0.1, 0.15) is 40.3 Å². The number of aromatic amines is 1. The largest absolute Gasteiger partial charge is 0.462 e. The fraction of sp³-hybridized carbons (Fsp3) is 0.647. The van der Waals surface area contributed by atoms with Crippen molar-refractivity contribution < 1.29 is 23.8 Å². The number of ether oxygens (including phenoxy) is 3. The van der Waals surface area contributed by atoms with Crippen LogP contribution in [-0.4, -0.2) is 49.0 Å². The first-order valence-corrected chi connectivity index (χ1v) is 10.1. The molecule has 1 aromatic heterocycles. The molecule has 2 rings (SSSR count). The molecule has 9 nitrogen and oxygen atoms in total. The van der Waals surface area contributed by atoms with Crippen LogP contribution in [0.4, 0.5) is 0 Å². The van der Waals surface area contributed by atoms with E-state index < -0.39 is 50.3 Å². The molecule has 0 aliphatic carbocycles. The zero-order chi connectivity index (χ0) is 21.3. The number of carbonyl (C=O) groups excluding carboxylic acids is 2. The number of halogens is 2. The third-order valence-corrected chi connectivity index (χ3v) is 4.60. The number of rotatable bonds is 6. The van der Waals surface area contributed by atoms with Gasteiger partial charge in [0.05, 0.1) is 0 Å². The standard InChI is InChI=1S/C17H22Br2N2O7/c1-16(2,18)13(23)26-8-10-9(28-14(24)17(3,4)19)7-12(27-10)21-6-5-11(22)20-15(21)25/h5-6,9-10,12H,7-8H2,1-4H3,(H,20,22,25). The minimum atomic E-state index is -0.918. The molecule has 1 aromatic rings. The van der Waals surface area contributed by atoms with Crippen LogP contribution in [0.3, 0.4) is 0 Å². The van der Waals surface area contributed by atoms with Crippen molar-refractivity contribution in [3.05, 3.63) is 33.1 Å². The highest BCUT2D eigenvalue weighted by atomic mass is 79.9. The highest BCUT2D eigenvalue weighted by Crippen LogP contribution is 2.32. The average molecular weight is 526 g/mol. The number of alkyl halides is 2. The first-order chi connectivity index (χ1) is 12.8. The van der Waals surface area contributed by atoms with Gasteiger partial charge < -0.3 is 14.2 Å². The van der Waals surface area contributed by atoms with Crippen molar-refractivity contribution >= 4 is 43.8 Å². The van der Waals surface area contributed by atoms with E-state index in [0.29, 0.717) is 0 Å². The topological polar surface area (TPSA) is 117 Å². The number of nitrogens with zero attached hydrogens (tertiary/aromatic N) is 1. The normalized spacial score (nSPS) is 22.7. The molecule has 3 atom stereocenters. The number of H-pyrrole nitrogens is 1. The monoisotopic (exact) mass is 524 g/mol. The zero-order valence-electron chi connectivity index (χ0n) is 15.9.